The summed E-state index contributed by atoms with van der Waals surface area (Å²) >= 11 is 0. The second kappa shape index (κ2) is 5.98. The van der Waals surface area contributed by atoms with E-state index in [9.17, 15) is 18.5 Å². The van der Waals surface area contributed by atoms with Crippen LogP contribution in [0.15, 0.2) is 59.5 Å². The predicted molar refractivity (Wildman–Crippen MR) is 83.8 cm³/mol. The third kappa shape index (κ3) is 3.33. The number of benzene rings is 2. The molecule has 0 aliphatic carbocycles. The Morgan fingerprint density at radius 1 is 1.13 bits per heavy atom. The minimum Gasteiger partial charge on any atom is -0.371 e. The van der Waals surface area contributed by atoms with Crippen molar-refractivity contribution in [1.29, 1.82) is 0 Å². The fraction of sp³-hybridized carbons (Fsp3) is 0.200. The van der Waals surface area contributed by atoms with Crippen molar-refractivity contribution in [3.63, 3.8) is 0 Å². The number of epoxide rings is 1. The number of nitro benzene ring substituents is 1. The van der Waals surface area contributed by atoms with Crippen LogP contribution in [0.4, 0.5) is 11.4 Å². The molecule has 120 valence electrons. The Kier molecular flexibility index (Phi) is 4.01. The lowest BCUT2D eigenvalue weighted by Gasteiger charge is -2.23. The summed E-state index contributed by atoms with van der Waals surface area (Å²) in [7, 11) is -3.76. The van der Waals surface area contributed by atoms with Gasteiger partial charge >= 0.3 is 0 Å². The van der Waals surface area contributed by atoms with Crippen LogP contribution >= 0.6 is 0 Å². The molecule has 1 aliphatic rings. The van der Waals surface area contributed by atoms with Gasteiger partial charge in [-0.3, -0.25) is 14.4 Å². The van der Waals surface area contributed by atoms with Crippen LogP contribution in [-0.2, 0) is 14.8 Å². The zero-order valence-corrected chi connectivity index (χ0v) is 12.8. The summed E-state index contributed by atoms with van der Waals surface area (Å²) in [4.78, 5) is 10.4. The summed E-state index contributed by atoms with van der Waals surface area (Å²) in [5, 5.41) is 10.7. The van der Waals surface area contributed by atoms with Gasteiger partial charge < -0.3 is 4.74 Å². The highest BCUT2D eigenvalue weighted by atomic mass is 32.2. The average molecular weight is 334 g/mol. The molecule has 3 rings (SSSR count). The molecule has 1 aliphatic heterocycles. The first-order valence-corrected chi connectivity index (χ1v) is 8.36. The van der Waals surface area contributed by atoms with Crippen LogP contribution < -0.4 is 4.31 Å². The smallest absolute Gasteiger partial charge is 0.269 e. The minimum atomic E-state index is -3.76. The van der Waals surface area contributed by atoms with Crippen LogP contribution in [0.3, 0.4) is 0 Å². The van der Waals surface area contributed by atoms with Crippen molar-refractivity contribution in [2.75, 3.05) is 17.5 Å². The Balaban J connectivity index is 1.99. The molecule has 1 heterocycles. The number of anilines is 1. The van der Waals surface area contributed by atoms with Crippen LogP contribution in [0.2, 0.25) is 0 Å². The van der Waals surface area contributed by atoms with E-state index in [0.717, 1.165) is 0 Å². The first kappa shape index (κ1) is 15.4. The van der Waals surface area contributed by atoms with E-state index in [-0.39, 0.29) is 23.2 Å². The number of rotatable bonds is 6. The van der Waals surface area contributed by atoms with E-state index in [1.807, 2.05) is 0 Å². The second-order valence-electron chi connectivity index (χ2n) is 5.08. The molecule has 0 radical (unpaired) electrons. The number of ether oxygens (including phenoxy) is 1. The van der Waals surface area contributed by atoms with Gasteiger partial charge in [0, 0.05) is 12.1 Å². The first-order valence-electron chi connectivity index (χ1n) is 6.92. The Bertz CT molecular complexity index is 802. The van der Waals surface area contributed by atoms with E-state index in [4.69, 9.17) is 4.74 Å². The molecular formula is C15H14N2O5S. The van der Waals surface area contributed by atoms with E-state index in [2.05, 4.69) is 0 Å². The minimum absolute atomic E-state index is 0.0894. The maximum Gasteiger partial charge on any atom is 0.269 e. The van der Waals surface area contributed by atoms with Gasteiger partial charge in [0.2, 0.25) is 0 Å². The van der Waals surface area contributed by atoms with Gasteiger partial charge in [-0.15, -0.1) is 0 Å². The predicted octanol–water partition coefficient (Wildman–Crippen LogP) is 2.19. The van der Waals surface area contributed by atoms with Crippen LogP contribution in [-0.4, -0.2) is 32.6 Å². The van der Waals surface area contributed by atoms with Gasteiger partial charge in [0.1, 0.15) is 0 Å². The number of nitro groups is 1. The fourth-order valence-corrected chi connectivity index (χ4v) is 3.68. The van der Waals surface area contributed by atoms with Crippen molar-refractivity contribution in [2.24, 2.45) is 0 Å². The van der Waals surface area contributed by atoms with Gasteiger partial charge in [0.05, 0.1) is 34.8 Å². The monoisotopic (exact) mass is 334 g/mol. The fourth-order valence-electron chi connectivity index (χ4n) is 2.16. The lowest BCUT2D eigenvalue weighted by molar-refractivity contribution is -0.384. The number of hydrogen-bond acceptors (Lipinski definition) is 5. The summed E-state index contributed by atoms with van der Waals surface area (Å²) in [6.07, 6.45) is -0.149. The van der Waals surface area contributed by atoms with Crippen molar-refractivity contribution in [3.8, 4) is 0 Å². The second-order valence-corrected chi connectivity index (χ2v) is 6.94. The molecule has 0 bridgehead atoms. The standard InChI is InChI=1S/C15H14N2O5S/c18-17(19)13-8-6-12(7-9-13)16(10-14-11-22-14)23(20,21)15-4-2-1-3-5-15/h1-9,14H,10-11H2/t14-/m0/s1. The summed E-state index contributed by atoms with van der Waals surface area (Å²) in [6, 6.07) is 13.5. The molecule has 8 heteroatoms. The van der Waals surface area contributed by atoms with Crippen molar-refractivity contribution >= 4 is 21.4 Å². The van der Waals surface area contributed by atoms with E-state index < -0.39 is 14.9 Å². The molecule has 2 aromatic carbocycles. The SMILES string of the molecule is O=[N+]([O-])c1ccc(N(C[C@H]2CO2)S(=O)(=O)c2ccccc2)cc1. The van der Waals surface area contributed by atoms with Crippen LogP contribution in [0.25, 0.3) is 0 Å². The molecule has 7 nitrogen and oxygen atoms in total. The molecule has 0 amide bonds. The summed E-state index contributed by atoms with van der Waals surface area (Å²) < 4.78 is 32.1. The van der Waals surface area contributed by atoms with Crippen LogP contribution in [0.5, 0.6) is 0 Å². The summed E-state index contributed by atoms with van der Waals surface area (Å²) in [6.45, 7) is 0.683. The summed E-state index contributed by atoms with van der Waals surface area (Å²) in [5.41, 5.74) is 0.281. The van der Waals surface area contributed by atoms with Crippen molar-refractivity contribution < 1.29 is 18.1 Å². The highest BCUT2D eigenvalue weighted by molar-refractivity contribution is 7.92. The lowest BCUT2D eigenvalue weighted by atomic mass is 10.3. The van der Waals surface area contributed by atoms with E-state index >= 15 is 0 Å². The quantitative estimate of drug-likeness (QED) is 0.458. The molecule has 1 fully saturated rings. The van der Waals surface area contributed by atoms with E-state index in [0.29, 0.717) is 12.3 Å². The van der Waals surface area contributed by atoms with E-state index in [1.165, 1.54) is 40.7 Å². The Hall–Kier alpha value is -2.45. The number of hydrogen-bond donors (Lipinski definition) is 0. The average Bonchev–Trinajstić information content (AvgIpc) is 3.37. The Morgan fingerprint density at radius 2 is 1.74 bits per heavy atom. The highest BCUT2D eigenvalue weighted by Gasteiger charge is 2.33. The lowest BCUT2D eigenvalue weighted by Crippen LogP contribution is -2.34. The molecule has 0 N–H and O–H groups in total. The van der Waals surface area contributed by atoms with Crippen molar-refractivity contribution in [2.45, 2.75) is 11.0 Å². The Labute approximate surface area is 133 Å². The molecular weight excluding hydrogens is 320 g/mol. The van der Waals surface area contributed by atoms with Crippen molar-refractivity contribution in [1.82, 2.24) is 0 Å². The van der Waals surface area contributed by atoms with E-state index in [1.54, 1.807) is 18.2 Å². The third-order valence-electron chi connectivity index (χ3n) is 3.45. The topological polar surface area (TPSA) is 93.1 Å². The molecule has 0 saturated carbocycles. The number of sulfonamides is 1. The maximum absolute atomic E-state index is 12.9. The zero-order chi connectivity index (χ0) is 16.4. The molecule has 1 atom stereocenters. The van der Waals surface area contributed by atoms with Gasteiger partial charge in [-0.2, -0.15) is 0 Å². The zero-order valence-electron chi connectivity index (χ0n) is 12.0. The van der Waals surface area contributed by atoms with Crippen LogP contribution in [0.1, 0.15) is 0 Å². The third-order valence-corrected chi connectivity index (χ3v) is 5.26. The highest BCUT2D eigenvalue weighted by Crippen LogP contribution is 2.28. The van der Waals surface area contributed by atoms with Gasteiger partial charge in [-0.25, -0.2) is 8.42 Å². The van der Waals surface area contributed by atoms with Crippen LogP contribution in [0, 0.1) is 10.1 Å². The molecule has 0 spiro atoms. The molecule has 1 saturated heterocycles. The normalized spacial score (nSPS) is 16.8. The maximum atomic E-state index is 12.9. The molecule has 0 aromatic heterocycles. The Morgan fingerprint density at radius 3 is 2.26 bits per heavy atom. The number of nitrogens with zero attached hydrogens (tertiary/aromatic N) is 2. The van der Waals surface area contributed by atoms with Gasteiger partial charge in [-0.05, 0) is 24.3 Å². The molecule has 2 aromatic rings. The first-order chi connectivity index (χ1) is 11.0. The van der Waals surface area contributed by atoms with Gasteiger partial charge in [0.25, 0.3) is 15.7 Å². The largest absolute Gasteiger partial charge is 0.371 e. The number of non-ortho nitro benzene ring substituents is 1. The molecule has 0 unspecified atom stereocenters. The van der Waals surface area contributed by atoms with Gasteiger partial charge in [0.15, 0.2) is 0 Å². The summed E-state index contributed by atoms with van der Waals surface area (Å²) in [5.74, 6) is 0. The van der Waals surface area contributed by atoms with Gasteiger partial charge in [-0.1, -0.05) is 18.2 Å². The molecule has 23 heavy (non-hydrogen) atoms. The van der Waals surface area contributed by atoms with Crippen molar-refractivity contribution in [3.05, 3.63) is 64.7 Å².